The number of carbonyl (C=O) groups excluding carboxylic acids is 1. The normalized spacial score (nSPS) is 10.6. The highest BCUT2D eigenvalue weighted by atomic mass is 35.5. The molecule has 1 heterocycles. The molecule has 0 saturated heterocycles. The summed E-state index contributed by atoms with van der Waals surface area (Å²) in [5, 5.41) is 3.07. The van der Waals surface area contributed by atoms with E-state index in [9.17, 15) is 4.79 Å². The Labute approximate surface area is 106 Å². The van der Waals surface area contributed by atoms with Crippen molar-refractivity contribution in [1.82, 2.24) is 20.2 Å². The van der Waals surface area contributed by atoms with Gasteiger partial charge in [-0.1, -0.05) is 25.4 Å². The van der Waals surface area contributed by atoms with Gasteiger partial charge in [0.1, 0.15) is 10.8 Å². The van der Waals surface area contributed by atoms with Gasteiger partial charge in [-0.2, -0.15) is 0 Å². The van der Waals surface area contributed by atoms with Gasteiger partial charge in [-0.05, 0) is 13.1 Å². The van der Waals surface area contributed by atoms with E-state index >= 15 is 0 Å². The van der Waals surface area contributed by atoms with Crippen LogP contribution in [-0.4, -0.2) is 47.0 Å². The van der Waals surface area contributed by atoms with Crippen LogP contribution in [0.25, 0.3) is 0 Å². The van der Waals surface area contributed by atoms with E-state index in [0.29, 0.717) is 6.54 Å². The topological polar surface area (TPSA) is 58.1 Å². The molecule has 0 aliphatic rings. The summed E-state index contributed by atoms with van der Waals surface area (Å²) < 4.78 is 0. The Morgan fingerprint density at radius 2 is 2.06 bits per heavy atom. The number of carbonyl (C=O) groups is 1. The summed E-state index contributed by atoms with van der Waals surface area (Å²) in [6.07, 6.45) is 2.73. The summed E-state index contributed by atoms with van der Waals surface area (Å²) in [4.78, 5) is 21.6. The number of halogens is 1. The monoisotopic (exact) mass is 256 g/mol. The molecule has 0 aliphatic heterocycles. The zero-order valence-electron chi connectivity index (χ0n) is 10.1. The molecule has 6 heteroatoms. The van der Waals surface area contributed by atoms with Gasteiger partial charge in [-0.3, -0.25) is 4.79 Å². The molecule has 0 spiro atoms. The number of nitrogens with one attached hydrogen (secondary N) is 1. The molecule has 0 atom stereocenters. The molecule has 0 saturated carbocycles. The second-order valence-corrected chi connectivity index (χ2v) is 3.89. The minimum Gasteiger partial charge on any atom is -0.349 e. The van der Waals surface area contributed by atoms with Gasteiger partial charge in [-0.25, -0.2) is 9.97 Å². The van der Waals surface area contributed by atoms with Gasteiger partial charge in [0, 0.05) is 13.1 Å². The van der Waals surface area contributed by atoms with E-state index in [1.54, 1.807) is 0 Å². The summed E-state index contributed by atoms with van der Waals surface area (Å²) >= 11 is 5.59. The van der Waals surface area contributed by atoms with Gasteiger partial charge in [0.2, 0.25) is 0 Å². The van der Waals surface area contributed by atoms with Crippen molar-refractivity contribution in [3.05, 3.63) is 23.2 Å². The SMILES string of the molecule is CCN(CC)CCNC(=O)c1cnc(Cl)cn1. The van der Waals surface area contributed by atoms with Crippen LogP contribution in [0.15, 0.2) is 12.4 Å². The summed E-state index contributed by atoms with van der Waals surface area (Å²) in [6.45, 7) is 7.58. The molecule has 0 radical (unpaired) electrons. The van der Waals surface area contributed by atoms with E-state index in [4.69, 9.17) is 11.6 Å². The van der Waals surface area contributed by atoms with E-state index in [0.717, 1.165) is 19.6 Å². The highest BCUT2D eigenvalue weighted by Gasteiger charge is 2.07. The van der Waals surface area contributed by atoms with Crippen molar-refractivity contribution < 1.29 is 4.79 Å². The van der Waals surface area contributed by atoms with Gasteiger partial charge in [0.25, 0.3) is 5.91 Å². The van der Waals surface area contributed by atoms with Crippen LogP contribution in [0.2, 0.25) is 5.15 Å². The van der Waals surface area contributed by atoms with Crippen molar-refractivity contribution in [2.75, 3.05) is 26.2 Å². The van der Waals surface area contributed by atoms with Crippen LogP contribution in [0.5, 0.6) is 0 Å². The molecule has 94 valence electrons. The summed E-state index contributed by atoms with van der Waals surface area (Å²) in [5.74, 6) is -0.221. The smallest absolute Gasteiger partial charge is 0.271 e. The zero-order chi connectivity index (χ0) is 12.7. The molecule has 0 bridgehead atoms. The second kappa shape index (κ2) is 7.19. The van der Waals surface area contributed by atoms with Gasteiger partial charge < -0.3 is 10.2 Å². The Kier molecular flexibility index (Phi) is 5.86. The van der Waals surface area contributed by atoms with Crippen LogP contribution in [0, 0.1) is 0 Å². The minimum absolute atomic E-state index is 0.221. The van der Waals surface area contributed by atoms with Crippen LogP contribution in [0.3, 0.4) is 0 Å². The van der Waals surface area contributed by atoms with Gasteiger partial charge in [0.05, 0.1) is 12.4 Å². The second-order valence-electron chi connectivity index (χ2n) is 3.51. The highest BCUT2D eigenvalue weighted by Crippen LogP contribution is 2.00. The van der Waals surface area contributed by atoms with E-state index in [1.807, 2.05) is 0 Å². The molecule has 1 N–H and O–H groups in total. The number of hydrogen-bond donors (Lipinski definition) is 1. The van der Waals surface area contributed by atoms with Crippen molar-refractivity contribution in [2.24, 2.45) is 0 Å². The summed E-state index contributed by atoms with van der Waals surface area (Å²) in [6, 6.07) is 0. The Hall–Kier alpha value is -1.20. The average molecular weight is 257 g/mol. The molecule has 0 fully saturated rings. The van der Waals surface area contributed by atoms with E-state index in [-0.39, 0.29) is 16.8 Å². The molecular weight excluding hydrogens is 240 g/mol. The van der Waals surface area contributed by atoms with Gasteiger partial charge in [0.15, 0.2) is 0 Å². The lowest BCUT2D eigenvalue weighted by Crippen LogP contribution is -2.35. The number of amides is 1. The van der Waals surface area contributed by atoms with Gasteiger partial charge >= 0.3 is 0 Å². The first-order valence-electron chi connectivity index (χ1n) is 5.65. The summed E-state index contributed by atoms with van der Waals surface area (Å²) in [7, 11) is 0. The lowest BCUT2D eigenvalue weighted by atomic mass is 10.4. The van der Waals surface area contributed by atoms with E-state index in [2.05, 4.69) is 34.0 Å². The highest BCUT2D eigenvalue weighted by molar-refractivity contribution is 6.29. The van der Waals surface area contributed by atoms with Gasteiger partial charge in [-0.15, -0.1) is 0 Å². The maximum absolute atomic E-state index is 11.6. The molecular formula is C11H17ClN4O. The minimum atomic E-state index is -0.221. The molecule has 1 aromatic rings. The van der Waals surface area contributed by atoms with E-state index < -0.39 is 0 Å². The summed E-state index contributed by atoms with van der Waals surface area (Å²) in [5.41, 5.74) is 0.286. The van der Waals surface area contributed by atoms with Crippen LogP contribution in [0.1, 0.15) is 24.3 Å². The first-order chi connectivity index (χ1) is 8.17. The van der Waals surface area contributed by atoms with Crippen molar-refractivity contribution >= 4 is 17.5 Å². The molecule has 0 unspecified atom stereocenters. The van der Waals surface area contributed by atoms with Crippen LogP contribution in [-0.2, 0) is 0 Å². The maximum atomic E-state index is 11.6. The Morgan fingerprint density at radius 1 is 1.35 bits per heavy atom. The fraction of sp³-hybridized carbons (Fsp3) is 0.545. The Morgan fingerprint density at radius 3 is 2.59 bits per heavy atom. The third kappa shape index (κ3) is 4.66. The third-order valence-electron chi connectivity index (χ3n) is 2.46. The Balaban J connectivity index is 2.37. The fourth-order valence-corrected chi connectivity index (χ4v) is 1.49. The number of hydrogen-bond acceptors (Lipinski definition) is 4. The first-order valence-corrected chi connectivity index (χ1v) is 6.03. The average Bonchev–Trinajstić information content (AvgIpc) is 2.35. The predicted molar refractivity (Wildman–Crippen MR) is 67.2 cm³/mol. The lowest BCUT2D eigenvalue weighted by molar-refractivity contribution is 0.0943. The standard InChI is InChI=1S/C11H17ClN4O/c1-3-16(4-2)6-5-13-11(17)9-7-15-10(12)8-14-9/h7-8H,3-6H2,1-2H3,(H,13,17). The van der Waals surface area contributed by atoms with Crippen molar-refractivity contribution in [3.63, 3.8) is 0 Å². The quantitative estimate of drug-likeness (QED) is 0.831. The van der Waals surface area contributed by atoms with Crippen molar-refractivity contribution in [1.29, 1.82) is 0 Å². The zero-order valence-corrected chi connectivity index (χ0v) is 10.9. The number of nitrogens with zero attached hydrogens (tertiary/aromatic N) is 3. The molecule has 0 aromatic carbocycles. The molecule has 0 aliphatic carbocycles. The van der Waals surface area contributed by atoms with Crippen molar-refractivity contribution in [2.45, 2.75) is 13.8 Å². The lowest BCUT2D eigenvalue weighted by Gasteiger charge is -2.17. The molecule has 17 heavy (non-hydrogen) atoms. The fourth-order valence-electron chi connectivity index (χ4n) is 1.39. The van der Waals surface area contributed by atoms with Crippen molar-refractivity contribution in [3.8, 4) is 0 Å². The molecule has 1 rings (SSSR count). The molecule has 5 nitrogen and oxygen atoms in total. The molecule has 1 aromatic heterocycles. The van der Waals surface area contributed by atoms with E-state index in [1.165, 1.54) is 12.4 Å². The predicted octanol–water partition coefficient (Wildman–Crippen LogP) is 1.20. The number of likely N-dealkylation sites (N-methyl/N-ethyl adjacent to an activating group) is 1. The van der Waals surface area contributed by atoms with Crippen LogP contribution in [0.4, 0.5) is 0 Å². The third-order valence-corrected chi connectivity index (χ3v) is 2.66. The molecule has 1 amide bonds. The first kappa shape index (κ1) is 13.9. The Bertz CT molecular complexity index is 351. The van der Waals surface area contributed by atoms with Crippen LogP contribution < -0.4 is 5.32 Å². The largest absolute Gasteiger partial charge is 0.349 e. The van der Waals surface area contributed by atoms with Crippen LogP contribution >= 0.6 is 11.6 Å². The number of aromatic nitrogens is 2. The number of rotatable bonds is 6. The maximum Gasteiger partial charge on any atom is 0.271 e.